The lowest BCUT2D eigenvalue weighted by atomic mass is 9.89. The highest BCUT2D eigenvalue weighted by Crippen LogP contribution is 2.30. The molecule has 4 N–H and O–H groups in total. The molecule has 1 aliphatic rings. The first-order valence-electron chi connectivity index (χ1n) is 7.46. The molecule has 8 nitrogen and oxygen atoms in total. The molecule has 0 saturated heterocycles. The van der Waals surface area contributed by atoms with E-state index in [0.29, 0.717) is 25.7 Å². The SMILES string of the molecule is Nc1c(C(=O)NC2(C(=O)O)CCCCCC2)cccc1[N+](=O)[O-]. The van der Waals surface area contributed by atoms with Gasteiger partial charge in [0, 0.05) is 6.07 Å². The molecule has 0 bridgehead atoms. The third kappa shape index (κ3) is 3.41. The van der Waals surface area contributed by atoms with Crippen molar-refractivity contribution in [1.29, 1.82) is 0 Å². The van der Waals surface area contributed by atoms with E-state index in [1.807, 2.05) is 0 Å². The first-order valence-corrected chi connectivity index (χ1v) is 7.46. The lowest BCUT2D eigenvalue weighted by Gasteiger charge is -2.29. The van der Waals surface area contributed by atoms with E-state index >= 15 is 0 Å². The van der Waals surface area contributed by atoms with Crippen molar-refractivity contribution in [3.8, 4) is 0 Å². The fourth-order valence-corrected chi connectivity index (χ4v) is 2.92. The number of carbonyl (C=O) groups excluding carboxylic acids is 1. The summed E-state index contributed by atoms with van der Waals surface area (Å²) >= 11 is 0. The molecular formula is C15H19N3O5. The maximum absolute atomic E-state index is 12.5. The summed E-state index contributed by atoms with van der Waals surface area (Å²) in [4.78, 5) is 34.4. The fraction of sp³-hybridized carbons (Fsp3) is 0.467. The van der Waals surface area contributed by atoms with Crippen LogP contribution in [0.15, 0.2) is 18.2 Å². The Morgan fingerprint density at radius 2 is 1.83 bits per heavy atom. The van der Waals surface area contributed by atoms with E-state index in [1.54, 1.807) is 0 Å². The van der Waals surface area contributed by atoms with Crippen LogP contribution in [0.3, 0.4) is 0 Å². The van der Waals surface area contributed by atoms with Crippen LogP contribution in [0.2, 0.25) is 0 Å². The van der Waals surface area contributed by atoms with Gasteiger partial charge in [-0.05, 0) is 18.9 Å². The lowest BCUT2D eigenvalue weighted by molar-refractivity contribution is -0.383. The van der Waals surface area contributed by atoms with Gasteiger partial charge in [0.15, 0.2) is 0 Å². The summed E-state index contributed by atoms with van der Waals surface area (Å²) in [5.41, 5.74) is 3.64. The van der Waals surface area contributed by atoms with Crippen molar-refractivity contribution in [2.24, 2.45) is 0 Å². The number of amides is 1. The smallest absolute Gasteiger partial charge is 0.329 e. The van der Waals surface area contributed by atoms with E-state index in [0.717, 1.165) is 12.8 Å². The molecule has 124 valence electrons. The zero-order valence-corrected chi connectivity index (χ0v) is 12.6. The first kappa shape index (κ1) is 16.7. The second kappa shape index (κ2) is 6.64. The normalized spacial score (nSPS) is 17.0. The maximum atomic E-state index is 12.5. The molecule has 2 rings (SSSR count). The predicted octanol–water partition coefficient (Wildman–Crippen LogP) is 2.08. The van der Waals surface area contributed by atoms with Crippen LogP contribution in [-0.2, 0) is 4.79 Å². The minimum atomic E-state index is -1.34. The molecule has 0 unspecified atom stereocenters. The minimum absolute atomic E-state index is 0.0796. The van der Waals surface area contributed by atoms with E-state index in [4.69, 9.17) is 5.73 Å². The van der Waals surface area contributed by atoms with Crippen LogP contribution in [0.25, 0.3) is 0 Å². The third-order valence-electron chi connectivity index (χ3n) is 4.24. The monoisotopic (exact) mass is 321 g/mol. The summed E-state index contributed by atoms with van der Waals surface area (Å²) in [6.45, 7) is 0. The number of nitro groups is 1. The molecule has 1 amide bonds. The Morgan fingerprint density at radius 3 is 2.35 bits per heavy atom. The van der Waals surface area contributed by atoms with Crippen LogP contribution in [0.5, 0.6) is 0 Å². The van der Waals surface area contributed by atoms with Crippen LogP contribution in [0.1, 0.15) is 48.9 Å². The molecule has 23 heavy (non-hydrogen) atoms. The average Bonchev–Trinajstić information content (AvgIpc) is 2.73. The Balaban J connectivity index is 2.31. The maximum Gasteiger partial charge on any atom is 0.329 e. The standard InChI is InChI=1S/C15H19N3O5/c16-12-10(6-5-7-11(12)18(22)23)13(19)17-15(14(20)21)8-3-1-2-4-9-15/h5-7H,1-4,8-9,16H2,(H,17,19)(H,20,21). The summed E-state index contributed by atoms with van der Waals surface area (Å²) in [6.07, 6.45) is 3.92. The fourth-order valence-electron chi connectivity index (χ4n) is 2.92. The molecule has 1 aromatic carbocycles. The summed E-state index contributed by atoms with van der Waals surface area (Å²) < 4.78 is 0. The molecular weight excluding hydrogens is 302 g/mol. The average molecular weight is 321 g/mol. The van der Waals surface area contributed by atoms with Crippen LogP contribution in [0, 0.1) is 10.1 Å². The Labute approximate surface area is 132 Å². The Morgan fingerprint density at radius 1 is 1.22 bits per heavy atom. The van der Waals surface area contributed by atoms with Gasteiger partial charge in [-0.1, -0.05) is 31.7 Å². The number of nitrogen functional groups attached to an aromatic ring is 1. The highest BCUT2D eigenvalue weighted by molar-refractivity contribution is 6.03. The van der Waals surface area contributed by atoms with E-state index in [-0.39, 0.29) is 16.9 Å². The summed E-state index contributed by atoms with van der Waals surface area (Å²) in [7, 11) is 0. The summed E-state index contributed by atoms with van der Waals surface area (Å²) in [6, 6.07) is 3.90. The van der Waals surface area contributed by atoms with Crippen molar-refractivity contribution in [3.05, 3.63) is 33.9 Å². The van der Waals surface area contributed by atoms with Crippen molar-refractivity contribution in [2.75, 3.05) is 5.73 Å². The highest BCUT2D eigenvalue weighted by Gasteiger charge is 2.40. The molecule has 0 spiro atoms. The van der Waals surface area contributed by atoms with Crippen molar-refractivity contribution in [3.63, 3.8) is 0 Å². The van der Waals surface area contributed by atoms with Gasteiger partial charge in [0.25, 0.3) is 11.6 Å². The number of benzene rings is 1. The molecule has 0 aromatic heterocycles. The second-order valence-corrected chi connectivity index (χ2v) is 5.75. The van der Waals surface area contributed by atoms with Crippen LogP contribution < -0.4 is 11.1 Å². The number of nitrogens with one attached hydrogen (secondary N) is 1. The third-order valence-corrected chi connectivity index (χ3v) is 4.24. The number of nitrogens with zero attached hydrogens (tertiary/aromatic N) is 1. The van der Waals surface area contributed by atoms with Gasteiger partial charge in [0.2, 0.25) is 0 Å². The quantitative estimate of drug-likeness (QED) is 0.336. The number of hydrogen-bond acceptors (Lipinski definition) is 5. The summed E-state index contributed by atoms with van der Waals surface area (Å²) in [5, 5.41) is 23.0. The Kier molecular flexibility index (Phi) is 4.83. The molecule has 0 aliphatic heterocycles. The Hall–Kier alpha value is -2.64. The largest absolute Gasteiger partial charge is 0.480 e. The molecule has 1 saturated carbocycles. The lowest BCUT2D eigenvalue weighted by Crippen LogP contribution is -2.54. The van der Waals surface area contributed by atoms with Gasteiger partial charge in [-0.2, -0.15) is 0 Å². The van der Waals surface area contributed by atoms with E-state index < -0.39 is 22.3 Å². The van der Waals surface area contributed by atoms with Crippen molar-refractivity contribution >= 4 is 23.3 Å². The zero-order valence-electron chi connectivity index (χ0n) is 12.6. The van der Waals surface area contributed by atoms with Gasteiger partial charge in [0.1, 0.15) is 11.2 Å². The number of nitro benzene ring substituents is 1. The molecule has 1 fully saturated rings. The van der Waals surface area contributed by atoms with E-state index in [9.17, 15) is 24.8 Å². The van der Waals surface area contributed by atoms with Gasteiger partial charge in [-0.15, -0.1) is 0 Å². The molecule has 1 aliphatic carbocycles. The van der Waals surface area contributed by atoms with Crippen molar-refractivity contribution < 1.29 is 19.6 Å². The van der Waals surface area contributed by atoms with Crippen LogP contribution >= 0.6 is 0 Å². The van der Waals surface area contributed by atoms with Crippen LogP contribution in [-0.4, -0.2) is 27.4 Å². The minimum Gasteiger partial charge on any atom is -0.480 e. The summed E-state index contributed by atoms with van der Waals surface area (Å²) in [5.74, 6) is -1.78. The molecule has 8 heteroatoms. The number of nitrogens with two attached hydrogens (primary N) is 1. The molecule has 1 aromatic rings. The van der Waals surface area contributed by atoms with Gasteiger partial charge in [-0.25, -0.2) is 4.79 Å². The second-order valence-electron chi connectivity index (χ2n) is 5.75. The Bertz CT molecular complexity index is 636. The molecule has 0 heterocycles. The van der Waals surface area contributed by atoms with Crippen LogP contribution in [0.4, 0.5) is 11.4 Å². The van der Waals surface area contributed by atoms with E-state index in [2.05, 4.69) is 5.32 Å². The first-order chi connectivity index (χ1) is 10.9. The number of aliphatic carboxylic acids is 1. The number of carbonyl (C=O) groups is 2. The van der Waals surface area contributed by atoms with Gasteiger partial charge in [-0.3, -0.25) is 14.9 Å². The number of rotatable bonds is 4. The number of carboxylic acid groups (broad SMARTS) is 1. The predicted molar refractivity (Wildman–Crippen MR) is 83.0 cm³/mol. The van der Waals surface area contributed by atoms with Gasteiger partial charge in [0.05, 0.1) is 10.5 Å². The molecule has 0 radical (unpaired) electrons. The number of para-hydroxylation sites is 1. The van der Waals surface area contributed by atoms with Gasteiger partial charge >= 0.3 is 5.97 Å². The topological polar surface area (TPSA) is 136 Å². The number of hydrogen-bond donors (Lipinski definition) is 3. The van der Waals surface area contributed by atoms with Gasteiger partial charge < -0.3 is 16.2 Å². The number of carboxylic acids is 1. The van der Waals surface area contributed by atoms with Crippen molar-refractivity contribution in [2.45, 2.75) is 44.1 Å². The zero-order chi connectivity index (χ0) is 17.0. The highest BCUT2D eigenvalue weighted by atomic mass is 16.6. The number of anilines is 1. The van der Waals surface area contributed by atoms with Crippen molar-refractivity contribution in [1.82, 2.24) is 5.32 Å². The molecule has 0 atom stereocenters. The van der Waals surface area contributed by atoms with E-state index in [1.165, 1.54) is 18.2 Å².